The van der Waals surface area contributed by atoms with Crippen molar-refractivity contribution in [3.8, 4) is 11.6 Å². The maximum atomic E-state index is 11.6. The summed E-state index contributed by atoms with van der Waals surface area (Å²) in [6.45, 7) is 0.913. The zero-order valence-corrected chi connectivity index (χ0v) is 18.6. The van der Waals surface area contributed by atoms with Crippen LogP contribution in [0, 0.1) is 0 Å². The van der Waals surface area contributed by atoms with Crippen molar-refractivity contribution in [2.45, 2.75) is 19.4 Å². The Hall–Kier alpha value is -4.32. The fourth-order valence-corrected chi connectivity index (χ4v) is 4.36. The highest BCUT2D eigenvalue weighted by atomic mass is 16.7. The van der Waals surface area contributed by atoms with Crippen LogP contribution in [0.4, 0.5) is 4.79 Å². The Bertz CT molecular complexity index is 1440. The van der Waals surface area contributed by atoms with E-state index in [1.54, 1.807) is 6.20 Å². The van der Waals surface area contributed by atoms with Gasteiger partial charge in [0, 0.05) is 22.5 Å². The Kier molecular flexibility index (Phi) is 6.12. The molecule has 5 rings (SSSR count). The summed E-state index contributed by atoms with van der Waals surface area (Å²) in [5.74, 6) is 1.18. The van der Waals surface area contributed by atoms with Crippen LogP contribution in [0.1, 0.15) is 17.7 Å². The second-order valence-electron chi connectivity index (χ2n) is 8.01. The van der Waals surface area contributed by atoms with Crippen LogP contribution >= 0.6 is 0 Å². The summed E-state index contributed by atoms with van der Waals surface area (Å²) >= 11 is 0. The van der Waals surface area contributed by atoms with Gasteiger partial charge in [0.1, 0.15) is 5.75 Å². The van der Waals surface area contributed by atoms with E-state index in [0.717, 1.165) is 38.7 Å². The number of fused-ring (bicyclic) bond motifs is 2. The molecule has 5 aromatic rings. The standard InChI is InChI=1S/C28H24N2O4/c31-28(32)34-27-24(14-8-18-33-26-16-7-10-20-9-1-2-12-22(20)26)23-13-3-4-15-25(23)30(27)19-21-11-5-6-17-29-21/h1-7,9-13,15-17H,8,14,18-19H2,(H,31,32). The number of hydrogen-bond donors (Lipinski definition) is 1. The van der Waals surface area contributed by atoms with E-state index < -0.39 is 6.16 Å². The number of aromatic nitrogens is 2. The number of carboxylic acid groups (broad SMARTS) is 1. The molecule has 0 spiro atoms. The number of aryl methyl sites for hydroxylation is 1. The molecular weight excluding hydrogens is 428 g/mol. The van der Waals surface area contributed by atoms with Crippen LogP contribution in [0.15, 0.2) is 91.1 Å². The van der Waals surface area contributed by atoms with Crippen molar-refractivity contribution in [2.24, 2.45) is 0 Å². The monoisotopic (exact) mass is 452 g/mol. The molecule has 0 aliphatic carbocycles. The number of pyridine rings is 1. The molecule has 0 bridgehead atoms. The van der Waals surface area contributed by atoms with Gasteiger partial charge in [-0.3, -0.25) is 4.98 Å². The SMILES string of the molecule is O=C(O)Oc1c(CCCOc2cccc3ccccc23)c2ccccc2n1Cc1ccccn1. The molecule has 170 valence electrons. The van der Waals surface area contributed by atoms with Crippen molar-refractivity contribution in [1.82, 2.24) is 9.55 Å². The van der Waals surface area contributed by atoms with Crippen LogP contribution in [0.5, 0.6) is 11.6 Å². The highest BCUT2D eigenvalue weighted by Gasteiger charge is 2.21. The number of hydrogen-bond acceptors (Lipinski definition) is 4. The largest absolute Gasteiger partial charge is 0.512 e. The summed E-state index contributed by atoms with van der Waals surface area (Å²) in [6, 6.07) is 27.7. The molecule has 6 heteroatoms. The lowest BCUT2D eigenvalue weighted by molar-refractivity contribution is 0.140. The summed E-state index contributed by atoms with van der Waals surface area (Å²) in [5.41, 5.74) is 2.59. The molecule has 0 atom stereocenters. The molecule has 2 aromatic heterocycles. The summed E-state index contributed by atoms with van der Waals surface area (Å²) in [6.07, 6.45) is 1.71. The van der Waals surface area contributed by atoms with Crippen LogP contribution < -0.4 is 9.47 Å². The fraction of sp³-hybridized carbons (Fsp3) is 0.143. The second kappa shape index (κ2) is 9.67. The van der Waals surface area contributed by atoms with Crippen LogP contribution in [0.25, 0.3) is 21.7 Å². The van der Waals surface area contributed by atoms with Gasteiger partial charge >= 0.3 is 6.16 Å². The molecular formula is C28H24N2O4. The van der Waals surface area contributed by atoms with Crippen molar-refractivity contribution < 1.29 is 19.4 Å². The molecule has 0 aliphatic rings. The minimum absolute atomic E-state index is 0.338. The van der Waals surface area contributed by atoms with E-state index in [-0.39, 0.29) is 0 Å². The third-order valence-corrected chi connectivity index (χ3v) is 5.83. The maximum absolute atomic E-state index is 11.6. The Labute approximate surface area is 197 Å². The Morgan fingerprint density at radius 3 is 2.47 bits per heavy atom. The molecule has 0 radical (unpaired) electrons. The first-order valence-electron chi connectivity index (χ1n) is 11.2. The fourth-order valence-electron chi connectivity index (χ4n) is 4.36. The van der Waals surface area contributed by atoms with Crippen LogP contribution in [-0.4, -0.2) is 27.4 Å². The first-order chi connectivity index (χ1) is 16.7. The van der Waals surface area contributed by atoms with E-state index in [4.69, 9.17) is 9.47 Å². The summed E-state index contributed by atoms with van der Waals surface area (Å²) < 4.78 is 13.3. The summed E-state index contributed by atoms with van der Waals surface area (Å²) in [4.78, 5) is 16.0. The molecule has 6 nitrogen and oxygen atoms in total. The molecule has 0 aliphatic heterocycles. The smallest absolute Gasteiger partial charge is 0.493 e. The molecule has 1 N–H and O–H groups in total. The second-order valence-corrected chi connectivity index (χ2v) is 8.01. The van der Waals surface area contributed by atoms with Gasteiger partial charge in [0.15, 0.2) is 0 Å². The van der Waals surface area contributed by atoms with Crippen LogP contribution in [-0.2, 0) is 13.0 Å². The van der Waals surface area contributed by atoms with Gasteiger partial charge in [-0.05, 0) is 42.5 Å². The Morgan fingerprint density at radius 1 is 0.882 bits per heavy atom. The van der Waals surface area contributed by atoms with Gasteiger partial charge < -0.3 is 19.1 Å². The predicted octanol–water partition coefficient (Wildman–Crippen LogP) is 6.31. The summed E-state index contributed by atoms with van der Waals surface area (Å²) in [7, 11) is 0. The molecule has 3 aromatic carbocycles. The Balaban J connectivity index is 1.41. The number of nitrogens with zero attached hydrogens (tertiary/aromatic N) is 2. The molecule has 0 saturated heterocycles. The number of ether oxygens (including phenoxy) is 2. The lowest BCUT2D eigenvalue weighted by Gasteiger charge is -2.11. The molecule has 34 heavy (non-hydrogen) atoms. The van der Waals surface area contributed by atoms with Crippen molar-refractivity contribution in [3.63, 3.8) is 0 Å². The molecule has 0 fully saturated rings. The lowest BCUT2D eigenvalue weighted by Crippen LogP contribution is -2.11. The average molecular weight is 453 g/mol. The third kappa shape index (κ3) is 4.43. The minimum Gasteiger partial charge on any atom is -0.493 e. The number of benzene rings is 3. The third-order valence-electron chi connectivity index (χ3n) is 5.83. The average Bonchev–Trinajstić information content (AvgIpc) is 3.14. The first-order valence-corrected chi connectivity index (χ1v) is 11.2. The zero-order valence-electron chi connectivity index (χ0n) is 18.6. The topological polar surface area (TPSA) is 73.6 Å². The van der Waals surface area contributed by atoms with Gasteiger partial charge in [0.25, 0.3) is 0 Å². The normalized spacial score (nSPS) is 11.1. The quantitative estimate of drug-likeness (QED) is 0.221. The van der Waals surface area contributed by atoms with Crippen molar-refractivity contribution >= 4 is 27.8 Å². The summed E-state index contributed by atoms with van der Waals surface area (Å²) in [5, 5.41) is 12.6. The number of carbonyl (C=O) groups is 1. The van der Waals surface area contributed by atoms with Gasteiger partial charge in [-0.15, -0.1) is 0 Å². The van der Waals surface area contributed by atoms with Crippen molar-refractivity contribution in [1.29, 1.82) is 0 Å². The van der Waals surface area contributed by atoms with Gasteiger partial charge in [0.2, 0.25) is 5.88 Å². The molecule has 0 amide bonds. The minimum atomic E-state index is -1.33. The number of para-hydroxylation sites is 1. The van der Waals surface area contributed by atoms with Crippen molar-refractivity contribution in [2.75, 3.05) is 6.61 Å². The Morgan fingerprint density at radius 2 is 1.65 bits per heavy atom. The highest BCUT2D eigenvalue weighted by molar-refractivity contribution is 5.89. The number of rotatable bonds is 8. The van der Waals surface area contributed by atoms with Crippen molar-refractivity contribution in [3.05, 3.63) is 102 Å². The van der Waals surface area contributed by atoms with E-state index >= 15 is 0 Å². The molecule has 2 heterocycles. The van der Waals surface area contributed by atoms with Gasteiger partial charge in [-0.1, -0.05) is 60.7 Å². The first kappa shape index (κ1) is 21.5. The van der Waals surface area contributed by atoms with E-state index in [9.17, 15) is 9.90 Å². The van der Waals surface area contributed by atoms with E-state index in [0.29, 0.717) is 31.9 Å². The van der Waals surface area contributed by atoms with Crippen LogP contribution in [0.3, 0.4) is 0 Å². The van der Waals surface area contributed by atoms with E-state index in [1.807, 2.05) is 71.3 Å². The van der Waals surface area contributed by atoms with Crippen LogP contribution in [0.2, 0.25) is 0 Å². The highest BCUT2D eigenvalue weighted by Crippen LogP contribution is 2.34. The van der Waals surface area contributed by atoms with Gasteiger partial charge in [-0.2, -0.15) is 0 Å². The van der Waals surface area contributed by atoms with Gasteiger partial charge in [0.05, 0.1) is 24.4 Å². The zero-order chi connectivity index (χ0) is 23.3. The lowest BCUT2D eigenvalue weighted by atomic mass is 10.1. The molecule has 0 saturated carbocycles. The van der Waals surface area contributed by atoms with E-state index in [1.165, 1.54) is 0 Å². The van der Waals surface area contributed by atoms with Gasteiger partial charge in [-0.25, -0.2) is 4.79 Å². The van der Waals surface area contributed by atoms with E-state index in [2.05, 4.69) is 23.2 Å². The predicted molar refractivity (Wildman–Crippen MR) is 132 cm³/mol. The molecule has 0 unspecified atom stereocenters. The maximum Gasteiger partial charge on any atom is 0.512 e.